The average Bonchev–Trinajstić information content (AvgIpc) is 2.14. The lowest BCUT2D eigenvalue weighted by molar-refractivity contribution is 0.135. The van der Waals surface area contributed by atoms with Gasteiger partial charge in [-0.25, -0.2) is 0 Å². The molecule has 0 heteroatoms. The maximum absolute atomic E-state index is 2.48. The van der Waals surface area contributed by atoms with Gasteiger partial charge in [0.05, 0.1) is 0 Å². The van der Waals surface area contributed by atoms with Crippen LogP contribution in [0.3, 0.4) is 0 Å². The van der Waals surface area contributed by atoms with E-state index in [1.54, 1.807) is 0 Å². The van der Waals surface area contributed by atoms with Gasteiger partial charge in [-0.2, -0.15) is 0 Å². The van der Waals surface area contributed by atoms with Crippen molar-refractivity contribution in [1.29, 1.82) is 0 Å². The van der Waals surface area contributed by atoms with Crippen LogP contribution in [0, 0.1) is 23.7 Å². The molecule has 0 saturated heterocycles. The summed E-state index contributed by atoms with van der Waals surface area (Å²) in [5, 5.41) is 0. The fourth-order valence-corrected chi connectivity index (χ4v) is 3.47. The first-order valence-corrected chi connectivity index (χ1v) is 6.42. The largest absolute Gasteiger partial charge is 0.0883 e. The van der Waals surface area contributed by atoms with Crippen LogP contribution in [0.15, 0.2) is 12.2 Å². The zero-order chi connectivity index (χ0) is 9.97. The zero-order valence-corrected chi connectivity index (χ0v) is 9.71. The molecule has 4 unspecified atom stereocenters. The minimum Gasteiger partial charge on any atom is -0.0883 e. The van der Waals surface area contributed by atoms with Gasteiger partial charge in [-0.15, -0.1) is 0 Å². The van der Waals surface area contributed by atoms with E-state index in [4.69, 9.17) is 0 Å². The van der Waals surface area contributed by atoms with Crippen molar-refractivity contribution < 1.29 is 0 Å². The molecule has 0 N–H and O–H groups in total. The molecule has 2 aliphatic carbocycles. The predicted octanol–water partition coefficient (Wildman–Crippen LogP) is 4.42. The van der Waals surface area contributed by atoms with E-state index < -0.39 is 0 Å². The van der Waals surface area contributed by atoms with Gasteiger partial charge in [-0.05, 0) is 49.4 Å². The first-order valence-electron chi connectivity index (χ1n) is 6.42. The number of hydrogen-bond acceptors (Lipinski definition) is 0. The lowest BCUT2D eigenvalue weighted by Crippen LogP contribution is -2.28. The normalized spacial score (nSPS) is 43.9. The van der Waals surface area contributed by atoms with Gasteiger partial charge in [-0.3, -0.25) is 0 Å². The van der Waals surface area contributed by atoms with Crippen LogP contribution in [0.5, 0.6) is 0 Å². The first kappa shape index (κ1) is 10.3. The van der Waals surface area contributed by atoms with Gasteiger partial charge in [0.2, 0.25) is 0 Å². The zero-order valence-electron chi connectivity index (χ0n) is 9.71. The quantitative estimate of drug-likeness (QED) is 0.499. The van der Waals surface area contributed by atoms with Crippen molar-refractivity contribution in [3.8, 4) is 0 Å². The Morgan fingerprint density at radius 2 is 1.79 bits per heavy atom. The highest BCUT2D eigenvalue weighted by atomic mass is 14.4. The Hall–Kier alpha value is -0.260. The lowest BCUT2D eigenvalue weighted by atomic mass is 9.67. The van der Waals surface area contributed by atoms with Crippen LogP contribution < -0.4 is 0 Å². The smallest absolute Gasteiger partial charge is 0.0319 e. The van der Waals surface area contributed by atoms with Crippen molar-refractivity contribution in [2.75, 3.05) is 0 Å². The average molecular weight is 192 g/mol. The van der Waals surface area contributed by atoms with Crippen molar-refractivity contribution in [1.82, 2.24) is 0 Å². The molecule has 0 aliphatic heterocycles. The van der Waals surface area contributed by atoms with Gasteiger partial charge in [0.25, 0.3) is 0 Å². The van der Waals surface area contributed by atoms with Crippen LogP contribution in [0.1, 0.15) is 52.4 Å². The highest BCUT2D eigenvalue weighted by Crippen LogP contribution is 2.41. The van der Waals surface area contributed by atoms with E-state index in [-0.39, 0.29) is 0 Å². The summed E-state index contributed by atoms with van der Waals surface area (Å²) < 4.78 is 0. The Morgan fingerprint density at radius 1 is 1.00 bits per heavy atom. The molecule has 14 heavy (non-hydrogen) atoms. The summed E-state index contributed by atoms with van der Waals surface area (Å²) in [6, 6.07) is 0. The van der Waals surface area contributed by atoms with Gasteiger partial charge in [0.1, 0.15) is 0 Å². The second-order valence-corrected chi connectivity index (χ2v) is 5.62. The van der Waals surface area contributed by atoms with Gasteiger partial charge < -0.3 is 0 Å². The highest BCUT2D eigenvalue weighted by Gasteiger charge is 2.31. The maximum atomic E-state index is 2.48. The molecule has 0 spiro atoms. The standard InChI is InChI=1S/C14H24/c1-11-6-3-4-8-13-9-5-7-12(2)14(13)10-11/h3-4,11-14H,5-10H2,1-2H3. The van der Waals surface area contributed by atoms with E-state index in [0.717, 1.165) is 23.7 Å². The fraction of sp³-hybridized carbons (Fsp3) is 0.857. The molecule has 0 nitrogen and oxygen atoms in total. The molecule has 0 heterocycles. The topological polar surface area (TPSA) is 0 Å². The third-order valence-electron chi connectivity index (χ3n) is 4.39. The SMILES string of the molecule is CC1CC=CCC2CCCC(C)C2C1. The van der Waals surface area contributed by atoms with Crippen LogP contribution >= 0.6 is 0 Å². The van der Waals surface area contributed by atoms with E-state index in [2.05, 4.69) is 26.0 Å². The maximum Gasteiger partial charge on any atom is -0.0319 e. The molecule has 0 radical (unpaired) electrons. The fourth-order valence-electron chi connectivity index (χ4n) is 3.47. The predicted molar refractivity (Wildman–Crippen MR) is 62.2 cm³/mol. The van der Waals surface area contributed by atoms with Crippen molar-refractivity contribution in [2.24, 2.45) is 23.7 Å². The summed E-state index contributed by atoms with van der Waals surface area (Å²) in [5.74, 6) is 3.95. The van der Waals surface area contributed by atoms with Crippen molar-refractivity contribution in [2.45, 2.75) is 52.4 Å². The Kier molecular flexibility index (Phi) is 3.30. The molecule has 0 aromatic heterocycles. The second-order valence-electron chi connectivity index (χ2n) is 5.62. The van der Waals surface area contributed by atoms with Crippen LogP contribution in [0.25, 0.3) is 0 Å². The van der Waals surface area contributed by atoms with Gasteiger partial charge in [0, 0.05) is 0 Å². The Morgan fingerprint density at radius 3 is 2.64 bits per heavy atom. The van der Waals surface area contributed by atoms with Crippen molar-refractivity contribution >= 4 is 0 Å². The van der Waals surface area contributed by atoms with Crippen molar-refractivity contribution in [3.63, 3.8) is 0 Å². The Labute approximate surface area is 88.8 Å². The summed E-state index contributed by atoms with van der Waals surface area (Å²) in [5.41, 5.74) is 0. The molecule has 2 rings (SSSR count). The molecule has 80 valence electrons. The van der Waals surface area contributed by atoms with E-state index in [1.807, 2.05) is 0 Å². The summed E-state index contributed by atoms with van der Waals surface area (Å²) in [7, 11) is 0. The third-order valence-corrected chi connectivity index (χ3v) is 4.39. The van der Waals surface area contributed by atoms with E-state index in [1.165, 1.54) is 38.5 Å². The molecular formula is C14H24. The second kappa shape index (κ2) is 4.51. The molecule has 1 saturated carbocycles. The molecule has 0 amide bonds. The summed E-state index contributed by atoms with van der Waals surface area (Å²) >= 11 is 0. The summed E-state index contributed by atoms with van der Waals surface area (Å²) in [4.78, 5) is 0. The Bertz CT molecular complexity index is 204. The number of fused-ring (bicyclic) bond motifs is 1. The summed E-state index contributed by atoms with van der Waals surface area (Å²) in [6.07, 6.45) is 13.5. The lowest BCUT2D eigenvalue weighted by Gasteiger charge is -2.38. The van der Waals surface area contributed by atoms with Crippen LogP contribution in [-0.2, 0) is 0 Å². The van der Waals surface area contributed by atoms with Crippen molar-refractivity contribution in [3.05, 3.63) is 12.2 Å². The van der Waals surface area contributed by atoms with E-state index >= 15 is 0 Å². The summed E-state index contributed by atoms with van der Waals surface area (Å²) in [6.45, 7) is 4.91. The van der Waals surface area contributed by atoms with Crippen LogP contribution in [-0.4, -0.2) is 0 Å². The number of rotatable bonds is 0. The molecule has 0 bridgehead atoms. The first-order chi connectivity index (χ1) is 6.77. The molecule has 4 atom stereocenters. The third kappa shape index (κ3) is 2.21. The monoisotopic (exact) mass is 192 g/mol. The van der Waals surface area contributed by atoms with Gasteiger partial charge >= 0.3 is 0 Å². The molecule has 2 aliphatic rings. The molecule has 1 fully saturated rings. The number of hydrogen-bond donors (Lipinski definition) is 0. The van der Waals surface area contributed by atoms with E-state index in [9.17, 15) is 0 Å². The van der Waals surface area contributed by atoms with Crippen LogP contribution in [0.4, 0.5) is 0 Å². The minimum atomic E-state index is 0.916. The van der Waals surface area contributed by atoms with Gasteiger partial charge in [-0.1, -0.05) is 38.8 Å². The minimum absolute atomic E-state index is 0.916. The van der Waals surface area contributed by atoms with Crippen LogP contribution in [0.2, 0.25) is 0 Å². The molecular weight excluding hydrogens is 168 g/mol. The highest BCUT2D eigenvalue weighted by molar-refractivity contribution is 4.93. The van der Waals surface area contributed by atoms with E-state index in [0.29, 0.717) is 0 Å². The Balaban J connectivity index is 2.07. The molecule has 0 aromatic rings. The van der Waals surface area contributed by atoms with Gasteiger partial charge in [0.15, 0.2) is 0 Å². The molecule has 0 aromatic carbocycles. The number of allylic oxidation sites excluding steroid dienone is 2.